The summed E-state index contributed by atoms with van der Waals surface area (Å²) in [6.45, 7) is 9.96. The average Bonchev–Trinajstić information content (AvgIpc) is 2.75. The SMILES string of the molecule is C=Cc1ccc(OCC(=O)N2C[C@@H](C)N(Cc3ccc(F)cc3)C[C@@H]2C)c(OC)c1. The molecule has 0 saturated carbocycles. The van der Waals surface area contributed by atoms with Gasteiger partial charge in [0.25, 0.3) is 5.91 Å². The van der Waals surface area contributed by atoms with Crippen molar-refractivity contribution in [3.05, 3.63) is 66.0 Å². The van der Waals surface area contributed by atoms with E-state index in [1.165, 1.54) is 12.1 Å². The monoisotopic (exact) mass is 412 g/mol. The van der Waals surface area contributed by atoms with E-state index in [2.05, 4.69) is 18.4 Å². The van der Waals surface area contributed by atoms with Crippen LogP contribution in [0, 0.1) is 5.82 Å². The number of piperazine rings is 1. The summed E-state index contributed by atoms with van der Waals surface area (Å²) in [4.78, 5) is 17.0. The normalized spacial score (nSPS) is 19.4. The molecule has 6 heteroatoms. The molecule has 0 unspecified atom stereocenters. The highest BCUT2D eigenvalue weighted by Crippen LogP contribution is 2.28. The number of halogens is 1. The maximum atomic E-state index is 13.1. The molecule has 0 N–H and O–H groups in total. The summed E-state index contributed by atoms with van der Waals surface area (Å²) in [6.07, 6.45) is 1.73. The van der Waals surface area contributed by atoms with Crippen molar-refractivity contribution in [3.63, 3.8) is 0 Å². The third-order valence-electron chi connectivity index (χ3n) is 5.51. The fourth-order valence-corrected chi connectivity index (χ4v) is 3.74. The zero-order chi connectivity index (χ0) is 21.7. The van der Waals surface area contributed by atoms with Gasteiger partial charge in [0.05, 0.1) is 7.11 Å². The predicted octanol–water partition coefficient (Wildman–Crippen LogP) is 3.98. The Morgan fingerprint density at radius 2 is 1.87 bits per heavy atom. The smallest absolute Gasteiger partial charge is 0.260 e. The number of methoxy groups -OCH3 is 1. The number of nitrogens with zero attached hydrogens (tertiary/aromatic N) is 2. The summed E-state index contributed by atoms with van der Waals surface area (Å²) < 4.78 is 24.3. The molecule has 5 nitrogen and oxygen atoms in total. The first-order chi connectivity index (χ1) is 14.4. The second-order valence-electron chi connectivity index (χ2n) is 7.70. The first-order valence-electron chi connectivity index (χ1n) is 10.1. The largest absolute Gasteiger partial charge is 0.493 e. The van der Waals surface area contributed by atoms with E-state index >= 15 is 0 Å². The van der Waals surface area contributed by atoms with Gasteiger partial charge in [-0.2, -0.15) is 0 Å². The van der Waals surface area contributed by atoms with Gasteiger partial charge in [-0.25, -0.2) is 4.39 Å². The fraction of sp³-hybridized carbons (Fsp3) is 0.375. The molecule has 1 fully saturated rings. The van der Waals surface area contributed by atoms with E-state index < -0.39 is 0 Å². The molecule has 3 rings (SSSR count). The van der Waals surface area contributed by atoms with Crippen LogP contribution in [-0.2, 0) is 11.3 Å². The predicted molar refractivity (Wildman–Crippen MR) is 116 cm³/mol. The van der Waals surface area contributed by atoms with Gasteiger partial charge >= 0.3 is 0 Å². The third kappa shape index (κ3) is 5.19. The highest BCUT2D eigenvalue weighted by molar-refractivity contribution is 5.78. The second kappa shape index (κ2) is 9.76. The van der Waals surface area contributed by atoms with Gasteiger partial charge in [-0.1, -0.05) is 30.9 Å². The molecular formula is C24H29FN2O3. The Balaban J connectivity index is 1.58. The van der Waals surface area contributed by atoms with Gasteiger partial charge in [-0.3, -0.25) is 9.69 Å². The molecule has 0 aromatic heterocycles. The maximum Gasteiger partial charge on any atom is 0.260 e. The minimum absolute atomic E-state index is 0.0428. The molecule has 1 heterocycles. The van der Waals surface area contributed by atoms with E-state index in [9.17, 15) is 9.18 Å². The molecule has 2 atom stereocenters. The summed E-state index contributed by atoms with van der Waals surface area (Å²) >= 11 is 0. The number of carbonyl (C=O) groups is 1. The number of rotatable bonds is 7. The Morgan fingerprint density at radius 3 is 2.53 bits per heavy atom. The lowest BCUT2D eigenvalue weighted by Crippen LogP contribution is -2.58. The standard InChI is InChI=1S/C24H29FN2O3/c1-5-19-8-11-22(23(12-19)29-4)30-16-24(28)27-14-17(2)26(13-18(27)3)15-20-6-9-21(25)10-7-20/h5-12,17-18H,1,13-16H2,2-4H3/t17-,18+/m1/s1. The lowest BCUT2D eigenvalue weighted by molar-refractivity contribution is -0.139. The molecule has 1 saturated heterocycles. The van der Waals surface area contributed by atoms with Gasteiger partial charge in [-0.05, 0) is 49.2 Å². The lowest BCUT2D eigenvalue weighted by Gasteiger charge is -2.44. The Hall–Kier alpha value is -2.86. The Kier molecular flexibility index (Phi) is 7.11. The van der Waals surface area contributed by atoms with Gasteiger partial charge in [0.15, 0.2) is 18.1 Å². The van der Waals surface area contributed by atoms with Crippen LogP contribution in [0.4, 0.5) is 4.39 Å². The zero-order valence-corrected chi connectivity index (χ0v) is 17.8. The number of amides is 1. The molecule has 30 heavy (non-hydrogen) atoms. The van der Waals surface area contributed by atoms with Crippen LogP contribution in [0.25, 0.3) is 6.08 Å². The molecule has 0 aliphatic carbocycles. The quantitative estimate of drug-likeness (QED) is 0.690. The minimum atomic E-state index is -0.230. The highest BCUT2D eigenvalue weighted by Gasteiger charge is 2.32. The van der Waals surface area contributed by atoms with E-state index in [1.807, 2.05) is 36.1 Å². The highest BCUT2D eigenvalue weighted by atomic mass is 19.1. The van der Waals surface area contributed by atoms with Crippen LogP contribution in [0.5, 0.6) is 11.5 Å². The van der Waals surface area contributed by atoms with Crippen molar-refractivity contribution in [1.82, 2.24) is 9.80 Å². The van der Waals surface area contributed by atoms with Crippen molar-refractivity contribution in [2.24, 2.45) is 0 Å². The van der Waals surface area contributed by atoms with E-state index in [4.69, 9.17) is 9.47 Å². The molecule has 2 aromatic carbocycles. The van der Waals surface area contributed by atoms with Crippen LogP contribution in [0.1, 0.15) is 25.0 Å². The number of benzene rings is 2. The summed E-state index contributed by atoms with van der Waals surface area (Å²) in [5.41, 5.74) is 1.99. The first-order valence-corrected chi connectivity index (χ1v) is 10.1. The Labute approximate surface area is 177 Å². The number of carbonyl (C=O) groups excluding carboxylic acids is 1. The number of hydrogen-bond donors (Lipinski definition) is 0. The zero-order valence-electron chi connectivity index (χ0n) is 17.8. The maximum absolute atomic E-state index is 13.1. The second-order valence-corrected chi connectivity index (χ2v) is 7.70. The first kappa shape index (κ1) is 21.8. The molecule has 1 amide bonds. The van der Waals surface area contributed by atoms with Crippen LogP contribution in [0.2, 0.25) is 0 Å². The van der Waals surface area contributed by atoms with Crippen LogP contribution in [-0.4, -0.2) is 54.6 Å². The van der Waals surface area contributed by atoms with Crippen molar-refractivity contribution in [2.75, 3.05) is 26.8 Å². The van der Waals surface area contributed by atoms with Crippen LogP contribution in [0.3, 0.4) is 0 Å². The van der Waals surface area contributed by atoms with E-state index in [1.54, 1.807) is 19.3 Å². The van der Waals surface area contributed by atoms with Crippen LogP contribution in [0.15, 0.2) is 49.0 Å². The summed E-state index contributed by atoms with van der Waals surface area (Å²) in [5.74, 6) is 0.829. The Morgan fingerprint density at radius 1 is 1.13 bits per heavy atom. The van der Waals surface area contributed by atoms with Gasteiger partial charge in [0.1, 0.15) is 5.82 Å². The third-order valence-corrected chi connectivity index (χ3v) is 5.51. The number of hydrogen-bond acceptors (Lipinski definition) is 4. The van der Waals surface area contributed by atoms with E-state index in [0.717, 1.165) is 24.2 Å². The van der Waals surface area contributed by atoms with Crippen LogP contribution >= 0.6 is 0 Å². The topological polar surface area (TPSA) is 42.0 Å². The van der Waals surface area contributed by atoms with E-state index in [-0.39, 0.29) is 30.4 Å². The number of ether oxygens (including phenoxy) is 2. The van der Waals surface area contributed by atoms with Crippen molar-refractivity contribution in [3.8, 4) is 11.5 Å². The van der Waals surface area contributed by atoms with Crippen molar-refractivity contribution >= 4 is 12.0 Å². The van der Waals surface area contributed by atoms with Crippen LogP contribution < -0.4 is 9.47 Å². The van der Waals surface area contributed by atoms with Gasteiger partial charge in [-0.15, -0.1) is 0 Å². The van der Waals surface area contributed by atoms with Gasteiger partial charge in [0.2, 0.25) is 0 Å². The van der Waals surface area contributed by atoms with Crippen molar-refractivity contribution in [2.45, 2.75) is 32.5 Å². The Bertz CT molecular complexity index is 885. The van der Waals surface area contributed by atoms with Crippen molar-refractivity contribution in [1.29, 1.82) is 0 Å². The summed E-state index contributed by atoms with van der Waals surface area (Å²) in [5, 5.41) is 0. The molecule has 0 spiro atoms. The lowest BCUT2D eigenvalue weighted by atomic mass is 10.1. The van der Waals surface area contributed by atoms with Crippen molar-refractivity contribution < 1.29 is 18.7 Å². The van der Waals surface area contributed by atoms with Gasteiger partial charge in [0, 0.05) is 31.7 Å². The molecule has 0 bridgehead atoms. The molecule has 160 valence electrons. The minimum Gasteiger partial charge on any atom is -0.493 e. The molecule has 1 aliphatic rings. The fourth-order valence-electron chi connectivity index (χ4n) is 3.74. The average molecular weight is 413 g/mol. The molecule has 0 radical (unpaired) electrons. The summed E-state index contributed by atoms with van der Waals surface area (Å²) in [6, 6.07) is 12.3. The van der Waals surface area contributed by atoms with Gasteiger partial charge < -0.3 is 14.4 Å². The molecular weight excluding hydrogens is 383 g/mol. The molecule has 2 aromatic rings. The summed E-state index contributed by atoms with van der Waals surface area (Å²) in [7, 11) is 1.57. The molecule has 1 aliphatic heterocycles. The van der Waals surface area contributed by atoms with E-state index in [0.29, 0.717) is 18.0 Å².